The van der Waals surface area contributed by atoms with Crippen LogP contribution in [0.5, 0.6) is 0 Å². The van der Waals surface area contributed by atoms with Gasteiger partial charge in [-0.05, 0) is 60.7 Å². The summed E-state index contributed by atoms with van der Waals surface area (Å²) in [6, 6.07) is 10.0. The summed E-state index contributed by atoms with van der Waals surface area (Å²) < 4.78 is 63.0. The minimum Gasteiger partial charge on any atom is -0.368 e. The van der Waals surface area contributed by atoms with Crippen molar-refractivity contribution in [1.29, 1.82) is 0 Å². The summed E-state index contributed by atoms with van der Waals surface area (Å²) in [4.78, 5) is 17.4. The Hall–Kier alpha value is -2.55. The molecule has 4 rings (SSSR count). The van der Waals surface area contributed by atoms with Gasteiger partial charge in [0.05, 0.1) is 10.5 Å². The van der Waals surface area contributed by atoms with Crippen LogP contribution in [0.25, 0.3) is 0 Å². The number of benzene rings is 2. The summed E-state index contributed by atoms with van der Waals surface area (Å²) in [5.41, 5.74) is 1.38. The first-order valence-corrected chi connectivity index (χ1v) is 14.0. The summed E-state index contributed by atoms with van der Waals surface area (Å²) in [6.07, 6.45) is 3.28. The van der Waals surface area contributed by atoms with E-state index in [2.05, 4.69) is 0 Å². The van der Waals surface area contributed by atoms with E-state index in [4.69, 9.17) is 0 Å². The molecule has 1 saturated carbocycles. The van der Waals surface area contributed by atoms with Crippen LogP contribution < -0.4 is 4.90 Å². The number of piperazine rings is 1. The molecule has 2 aliphatic rings. The fourth-order valence-electron chi connectivity index (χ4n) is 5.10. The highest BCUT2D eigenvalue weighted by Gasteiger charge is 2.31. The average molecular weight is 509 g/mol. The van der Waals surface area contributed by atoms with E-state index < -0.39 is 21.6 Å². The summed E-state index contributed by atoms with van der Waals surface area (Å²) in [7, 11) is -3.46. The van der Waals surface area contributed by atoms with Crippen molar-refractivity contribution in [2.75, 3.05) is 37.3 Å². The highest BCUT2D eigenvalue weighted by Crippen LogP contribution is 2.35. The Balaban J connectivity index is 1.53. The second-order valence-electron chi connectivity index (χ2n) is 9.53. The van der Waals surface area contributed by atoms with Gasteiger partial charge in [-0.1, -0.05) is 31.7 Å². The Morgan fingerprint density at radius 2 is 1.49 bits per heavy atom. The van der Waals surface area contributed by atoms with Crippen LogP contribution >= 0.6 is 0 Å². The molecular formula is C26H31F3N2O3S. The van der Waals surface area contributed by atoms with E-state index in [1.54, 1.807) is 11.0 Å². The van der Waals surface area contributed by atoms with E-state index >= 15 is 0 Å². The molecule has 0 aromatic heterocycles. The van der Waals surface area contributed by atoms with Crippen LogP contribution in [-0.2, 0) is 16.0 Å². The highest BCUT2D eigenvalue weighted by molar-refractivity contribution is 7.90. The van der Waals surface area contributed by atoms with Crippen molar-refractivity contribution >= 4 is 21.4 Å². The minimum atomic E-state index is -4.38. The minimum absolute atomic E-state index is 0.140. The lowest BCUT2D eigenvalue weighted by Gasteiger charge is -2.36. The smallest absolute Gasteiger partial charge is 0.368 e. The van der Waals surface area contributed by atoms with Crippen molar-refractivity contribution in [3.8, 4) is 0 Å². The summed E-state index contributed by atoms with van der Waals surface area (Å²) >= 11 is 0. The first kappa shape index (κ1) is 25.5. The summed E-state index contributed by atoms with van der Waals surface area (Å²) in [5, 5.41) is 0. The zero-order valence-electron chi connectivity index (χ0n) is 19.9. The Kier molecular flexibility index (Phi) is 7.45. The molecule has 0 atom stereocenters. The van der Waals surface area contributed by atoms with Gasteiger partial charge in [-0.15, -0.1) is 0 Å². The molecule has 0 unspecified atom stereocenters. The molecule has 9 heteroatoms. The molecule has 190 valence electrons. The van der Waals surface area contributed by atoms with Crippen LogP contribution in [0.1, 0.15) is 65.9 Å². The van der Waals surface area contributed by atoms with Crippen LogP contribution in [-0.4, -0.2) is 51.7 Å². The highest BCUT2D eigenvalue weighted by atomic mass is 32.2. The molecule has 1 amide bonds. The largest absolute Gasteiger partial charge is 0.416 e. The zero-order valence-corrected chi connectivity index (χ0v) is 20.7. The normalized spacial score (nSPS) is 18.4. The van der Waals surface area contributed by atoms with E-state index in [1.165, 1.54) is 31.0 Å². The molecule has 2 aromatic carbocycles. The Bertz CT molecular complexity index is 1150. The van der Waals surface area contributed by atoms with Crippen molar-refractivity contribution in [2.45, 2.75) is 55.5 Å². The molecule has 0 radical (unpaired) electrons. The molecular weight excluding hydrogens is 477 g/mol. The van der Waals surface area contributed by atoms with Crippen molar-refractivity contribution in [2.24, 2.45) is 0 Å². The van der Waals surface area contributed by atoms with E-state index in [1.807, 2.05) is 11.0 Å². The number of rotatable bonds is 4. The topological polar surface area (TPSA) is 57.7 Å². The Labute approximate surface area is 204 Å². The fourth-order valence-corrected chi connectivity index (χ4v) is 5.74. The number of alkyl halides is 3. The second kappa shape index (κ2) is 10.2. The summed E-state index contributed by atoms with van der Waals surface area (Å²) in [6.45, 7) is 1.80. The third kappa shape index (κ3) is 6.00. The lowest BCUT2D eigenvalue weighted by Crippen LogP contribution is -2.49. The predicted molar refractivity (Wildman–Crippen MR) is 130 cm³/mol. The molecule has 5 nitrogen and oxygen atoms in total. The van der Waals surface area contributed by atoms with Crippen LogP contribution in [0.15, 0.2) is 47.4 Å². The van der Waals surface area contributed by atoms with Gasteiger partial charge >= 0.3 is 6.18 Å². The maximum Gasteiger partial charge on any atom is 0.416 e. The number of halogens is 3. The van der Waals surface area contributed by atoms with Gasteiger partial charge in [-0.2, -0.15) is 13.2 Å². The van der Waals surface area contributed by atoms with E-state index in [0.717, 1.165) is 49.6 Å². The average Bonchev–Trinajstić information content (AvgIpc) is 3.12. The van der Waals surface area contributed by atoms with E-state index in [-0.39, 0.29) is 16.7 Å². The zero-order chi connectivity index (χ0) is 25.2. The number of carbonyl (C=O) groups is 1. The second-order valence-corrected chi connectivity index (χ2v) is 11.5. The fraction of sp³-hybridized carbons (Fsp3) is 0.500. The lowest BCUT2D eigenvalue weighted by molar-refractivity contribution is -0.137. The maximum atomic E-state index is 13.6. The SMILES string of the molecule is CS(=O)(=O)c1ccc(C2CCCCCC2)c(C(=O)N2CCN(c3ccc(C(F)(F)F)cc3)CC2)c1. The van der Waals surface area contributed by atoms with Crippen molar-refractivity contribution < 1.29 is 26.4 Å². The monoisotopic (exact) mass is 508 g/mol. The first-order chi connectivity index (χ1) is 16.5. The van der Waals surface area contributed by atoms with Crippen molar-refractivity contribution in [1.82, 2.24) is 4.90 Å². The van der Waals surface area contributed by atoms with Crippen LogP contribution in [0.2, 0.25) is 0 Å². The van der Waals surface area contributed by atoms with Gasteiger partial charge in [0.2, 0.25) is 0 Å². The first-order valence-electron chi connectivity index (χ1n) is 12.1. The molecule has 0 N–H and O–H groups in total. The van der Waals surface area contributed by atoms with Gasteiger partial charge < -0.3 is 9.80 Å². The van der Waals surface area contributed by atoms with Gasteiger partial charge in [0.25, 0.3) is 5.91 Å². The standard InChI is InChI=1S/C26H31F3N2O3S/c1-35(33,34)22-12-13-23(19-6-4-2-3-5-7-19)24(18-22)25(32)31-16-14-30(15-17-31)21-10-8-20(9-11-21)26(27,28)29/h8-13,18-19H,2-7,14-17H2,1H3. The van der Waals surface area contributed by atoms with Gasteiger partial charge in [0.1, 0.15) is 0 Å². The van der Waals surface area contributed by atoms with Crippen LogP contribution in [0.4, 0.5) is 18.9 Å². The number of sulfone groups is 1. The Morgan fingerprint density at radius 1 is 0.886 bits per heavy atom. The van der Waals surface area contributed by atoms with Gasteiger partial charge in [0.15, 0.2) is 9.84 Å². The number of amides is 1. The van der Waals surface area contributed by atoms with Crippen LogP contribution in [0.3, 0.4) is 0 Å². The number of hydrogen-bond donors (Lipinski definition) is 0. The van der Waals surface area contributed by atoms with Gasteiger partial charge in [-0.25, -0.2) is 8.42 Å². The molecule has 0 spiro atoms. The molecule has 0 bridgehead atoms. The number of anilines is 1. The molecule has 1 aliphatic carbocycles. The molecule has 35 heavy (non-hydrogen) atoms. The van der Waals surface area contributed by atoms with Crippen molar-refractivity contribution in [3.63, 3.8) is 0 Å². The van der Waals surface area contributed by atoms with Gasteiger partial charge in [0, 0.05) is 43.7 Å². The summed E-state index contributed by atoms with van der Waals surface area (Å²) in [5.74, 6) is 0.0558. The van der Waals surface area contributed by atoms with E-state index in [9.17, 15) is 26.4 Å². The molecule has 2 aromatic rings. The van der Waals surface area contributed by atoms with Crippen LogP contribution in [0, 0.1) is 0 Å². The number of nitrogens with zero attached hydrogens (tertiary/aromatic N) is 2. The van der Waals surface area contributed by atoms with Crippen molar-refractivity contribution in [3.05, 3.63) is 59.2 Å². The molecule has 1 heterocycles. The molecule has 1 saturated heterocycles. The third-order valence-corrected chi connectivity index (χ3v) is 8.22. The number of carbonyl (C=O) groups excluding carboxylic acids is 1. The van der Waals surface area contributed by atoms with E-state index in [0.29, 0.717) is 37.4 Å². The molecule has 2 fully saturated rings. The van der Waals surface area contributed by atoms with Gasteiger partial charge in [-0.3, -0.25) is 4.79 Å². The third-order valence-electron chi connectivity index (χ3n) is 7.10. The maximum absolute atomic E-state index is 13.6. The number of hydrogen-bond acceptors (Lipinski definition) is 4. The lowest BCUT2D eigenvalue weighted by atomic mass is 9.88. The predicted octanol–water partition coefficient (Wildman–Crippen LogP) is 5.51. The molecule has 1 aliphatic heterocycles. The quantitative estimate of drug-likeness (QED) is 0.511. The Morgan fingerprint density at radius 3 is 2.03 bits per heavy atom.